The molecule has 4 heteroatoms. The molecule has 0 amide bonds. The van der Waals surface area contributed by atoms with E-state index in [4.69, 9.17) is 5.73 Å². The fourth-order valence-corrected chi connectivity index (χ4v) is 4.42. The zero-order valence-electron chi connectivity index (χ0n) is 14.0. The van der Waals surface area contributed by atoms with E-state index in [1.807, 2.05) is 0 Å². The van der Waals surface area contributed by atoms with Crippen LogP contribution >= 0.6 is 24.8 Å². The topological polar surface area (TPSA) is 38.0 Å². The third-order valence-electron chi connectivity index (χ3n) is 5.59. The highest BCUT2D eigenvalue weighted by atomic mass is 35.5. The summed E-state index contributed by atoms with van der Waals surface area (Å²) in [6.45, 7) is 0.822. The van der Waals surface area contributed by atoms with Gasteiger partial charge in [-0.1, -0.05) is 49.6 Å². The van der Waals surface area contributed by atoms with Gasteiger partial charge in [0.2, 0.25) is 0 Å². The molecule has 2 aliphatic carbocycles. The van der Waals surface area contributed by atoms with E-state index in [9.17, 15) is 0 Å². The zero-order valence-corrected chi connectivity index (χ0v) is 15.6. The van der Waals surface area contributed by atoms with Crippen LogP contribution in [0.25, 0.3) is 0 Å². The Balaban J connectivity index is 0.00000132. The molecule has 3 rings (SSSR count). The highest BCUT2D eigenvalue weighted by molar-refractivity contribution is 5.85. The minimum atomic E-state index is 0. The van der Waals surface area contributed by atoms with Crippen molar-refractivity contribution in [2.45, 2.75) is 69.4 Å². The van der Waals surface area contributed by atoms with Gasteiger partial charge in [-0.15, -0.1) is 24.8 Å². The Bertz CT molecular complexity index is 421. The summed E-state index contributed by atoms with van der Waals surface area (Å²) >= 11 is 0. The van der Waals surface area contributed by atoms with Crippen molar-refractivity contribution in [3.05, 3.63) is 35.9 Å². The van der Waals surface area contributed by atoms with Gasteiger partial charge in [-0.25, -0.2) is 0 Å². The molecule has 1 aromatic carbocycles. The monoisotopic (exact) mass is 358 g/mol. The van der Waals surface area contributed by atoms with Crippen LogP contribution in [0, 0.1) is 5.92 Å². The molecule has 3 N–H and O–H groups in total. The van der Waals surface area contributed by atoms with E-state index in [1.54, 1.807) is 0 Å². The van der Waals surface area contributed by atoms with E-state index in [0.717, 1.165) is 12.6 Å². The van der Waals surface area contributed by atoms with Crippen molar-refractivity contribution < 1.29 is 0 Å². The molecule has 2 nitrogen and oxygen atoms in total. The van der Waals surface area contributed by atoms with Crippen molar-refractivity contribution in [3.8, 4) is 0 Å². The van der Waals surface area contributed by atoms with Crippen LogP contribution < -0.4 is 11.1 Å². The van der Waals surface area contributed by atoms with Crippen LogP contribution in [0.1, 0.15) is 62.8 Å². The Morgan fingerprint density at radius 3 is 2.22 bits per heavy atom. The summed E-state index contributed by atoms with van der Waals surface area (Å²) < 4.78 is 0. The molecule has 0 spiro atoms. The van der Waals surface area contributed by atoms with Crippen LogP contribution in [-0.2, 0) is 0 Å². The lowest BCUT2D eigenvalue weighted by atomic mass is 9.73. The minimum absolute atomic E-state index is 0. The molecule has 0 aromatic heterocycles. The third-order valence-corrected chi connectivity index (χ3v) is 5.59. The Morgan fingerprint density at radius 2 is 1.57 bits per heavy atom. The van der Waals surface area contributed by atoms with E-state index in [-0.39, 0.29) is 24.8 Å². The molecule has 132 valence electrons. The molecule has 3 atom stereocenters. The molecule has 0 saturated heterocycles. The molecule has 1 aromatic rings. The number of hydrogen-bond acceptors (Lipinski definition) is 2. The smallest absolute Gasteiger partial charge is 0.00732 e. The molecule has 2 aliphatic rings. The van der Waals surface area contributed by atoms with Crippen molar-refractivity contribution in [2.75, 3.05) is 6.54 Å². The fourth-order valence-electron chi connectivity index (χ4n) is 4.42. The molecule has 3 unspecified atom stereocenters. The number of benzene rings is 1. The van der Waals surface area contributed by atoms with Crippen LogP contribution in [0.3, 0.4) is 0 Å². The summed E-state index contributed by atoms with van der Waals surface area (Å²) in [6.07, 6.45) is 10.9. The van der Waals surface area contributed by atoms with Gasteiger partial charge in [-0.3, -0.25) is 0 Å². The normalized spacial score (nSPS) is 28.5. The number of nitrogens with two attached hydrogens (primary N) is 1. The third kappa shape index (κ3) is 5.63. The first kappa shape index (κ1) is 20.8. The number of halogens is 2. The lowest BCUT2D eigenvalue weighted by Gasteiger charge is -2.38. The van der Waals surface area contributed by atoms with E-state index in [1.165, 1.54) is 56.9 Å². The number of hydrogen-bond donors (Lipinski definition) is 2. The summed E-state index contributed by atoms with van der Waals surface area (Å²) in [5, 5.41) is 3.94. The van der Waals surface area contributed by atoms with Crippen molar-refractivity contribution in [2.24, 2.45) is 11.7 Å². The van der Waals surface area contributed by atoms with Crippen LogP contribution in [0.15, 0.2) is 30.3 Å². The second kappa shape index (κ2) is 10.6. The van der Waals surface area contributed by atoms with Crippen LogP contribution in [-0.4, -0.2) is 18.6 Å². The maximum atomic E-state index is 6.10. The fraction of sp³-hybridized carbons (Fsp3) is 0.684. The van der Waals surface area contributed by atoms with Crippen molar-refractivity contribution in [1.82, 2.24) is 5.32 Å². The molecule has 0 radical (unpaired) electrons. The number of nitrogens with one attached hydrogen (secondary N) is 1. The van der Waals surface area contributed by atoms with E-state index < -0.39 is 0 Å². The minimum Gasteiger partial charge on any atom is -0.330 e. The van der Waals surface area contributed by atoms with Crippen LogP contribution in [0.4, 0.5) is 0 Å². The summed E-state index contributed by atoms with van der Waals surface area (Å²) in [5.41, 5.74) is 7.59. The highest BCUT2D eigenvalue weighted by Crippen LogP contribution is 2.37. The molecule has 0 aliphatic heterocycles. The van der Waals surface area contributed by atoms with Crippen molar-refractivity contribution in [1.29, 1.82) is 0 Å². The molecular formula is C19H32Cl2N2. The Labute approximate surface area is 153 Å². The van der Waals surface area contributed by atoms with Gasteiger partial charge < -0.3 is 11.1 Å². The molecular weight excluding hydrogens is 327 g/mol. The van der Waals surface area contributed by atoms with Gasteiger partial charge in [-0.2, -0.15) is 0 Å². The summed E-state index contributed by atoms with van der Waals surface area (Å²) in [5.74, 6) is 1.31. The van der Waals surface area contributed by atoms with Gasteiger partial charge in [0.15, 0.2) is 0 Å². The first-order valence-corrected chi connectivity index (χ1v) is 8.88. The van der Waals surface area contributed by atoms with E-state index >= 15 is 0 Å². The van der Waals surface area contributed by atoms with Gasteiger partial charge in [0.05, 0.1) is 0 Å². The van der Waals surface area contributed by atoms with Gasteiger partial charge in [0, 0.05) is 12.1 Å². The van der Waals surface area contributed by atoms with Gasteiger partial charge in [-0.05, 0) is 56.0 Å². The average molecular weight is 359 g/mol. The van der Waals surface area contributed by atoms with Gasteiger partial charge in [0.1, 0.15) is 0 Å². The summed E-state index contributed by atoms with van der Waals surface area (Å²) in [7, 11) is 0. The largest absolute Gasteiger partial charge is 0.330 e. The summed E-state index contributed by atoms with van der Waals surface area (Å²) in [4.78, 5) is 0. The van der Waals surface area contributed by atoms with Gasteiger partial charge >= 0.3 is 0 Å². The Morgan fingerprint density at radius 1 is 0.870 bits per heavy atom. The van der Waals surface area contributed by atoms with Crippen LogP contribution in [0.2, 0.25) is 0 Å². The van der Waals surface area contributed by atoms with Crippen molar-refractivity contribution >= 4 is 24.8 Å². The molecule has 23 heavy (non-hydrogen) atoms. The molecule has 0 bridgehead atoms. The predicted octanol–water partition coefficient (Wildman–Crippen LogP) is 4.66. The second-order valence-corrected chi connectivity index (χ2v) is 7.02. The van der Waals surface area contributed by atoms with Crippen molar-refractivity contribution in [3.63, 3.8) is 0 Å². The SMILES string of the molecule is Cl.Cl.NCC1CC(NC2CCCCC2)CCC1c1ccccc1. The first-order valence-electron chi connectivity index (χ1n) is 8.88. The Kier molecular flexibility index (Phi) is 9.53. The maximum absolute atomic E-state index is 6.10. The number of rotatable bonds is 4. The second-order valence-electron chi connectivity index (χ2n) is 7.02. The molecule has 2 saturated carbocycles. The maximum Gasteiger partial charge on any atom is 0.00732 e. The van der Waals surface area contributed by atoms with E-state index in [2.05, 4.69) is 35.6 Å². The van der Waals surface area contributed by atoms with E-state index in [0.29, 0.717) is 17.9 Å². The highest BCUT2D eigenvalue weighted by Gasteiger charge is 2.31. The molecule has 0 heterocycles. The quantitative estimate of drug-likeness (QED) is 0.820. The first-order chi connectivity index (χ1) is 10.4. The summed E-state index contributed by atoms with van der Waals surface area (Å²) in [6, 6.07) is 12.5. The van der Waals surface area contributed by atoms with Gasteiger partial charge in [0.25, 0.3) is 0 Å². The lowest BCUT2D eigenvalue weighted by molar-refractivity contribution is 0.225. The lowest BCUT2D eigenvalue weighted by Crippen LogP contribution is -2.44. The standard InChI is InChI=1S/C19H30N2.2ClH/c20-14-16-13-18(21-17-9-5-2-6-10-17)11-12-19(16)15-7-3-1-4-8-15;;/h1,3-4,7-8,16-19,21H,2,5-6,9-14,20H2;2*1H. The zero-order chi connectivity index (χ0) is 14.5. The Hall–Kier alpha value is -0.280. The molecule has 2 fully saturated rings. The van der Waals surface area contributed by atoms with Crippen LogP contribution in [0.5, 0.6) is 0 Å². The average Bonchev–Trinajstić information content (AvgIpc) is 2.56. The predicted molar refractivity (Wildman–Crippen MR) is 104 cm³/mol.